The first-order valence-corrected chi connectivity index (χ1v) is 9.85. The van der Waals surface area contributed by atoms with Crippen LogP contribution < -0.4 is 10.1 Å². The molecular formula is C21H21Cl2N3O. The van der Waals surface area contributed by atoms with E-state index in [1.807, 2.05) is 41.1 Å². The quantitative estimate of drug-likeness (QED) is 0.624. The smallest absolute Gasteiger partial charge is 0.144 e. The lowest BCUT2D eigenvalue weighted by atomic mass is 10.0. The summed E-state index contributed by atoms with van der Waals surface area (Å²) in [6.07, 6.45) is 3.95. The maximum atomic E-state index is 6.39. The predicted octanol–water partition coefficient (Wildman–Crippen LogP) is 5.53. The van der Waals surface area contributed by atoms with Crippen molar-refractivity contribution in [2.24, 2.45) is 0 Å². The largest absolute Gasteiger partial charge is 0.494 e. The minimum atomic E-state index is 0.649. The number of nitrogens with zero attached hydrogens (tertiary/aromatic N) is 2. The standard InChI is InChI=1S/C21H21Cl2N3O/c1-27-20-10-9-15(22)13-19(20)26-21-16(7-4-5-11-24-21)18(25-26)12-14-6-2-3-8-17(14)23/h2-3,6,8-10,13,24H,4-5,7,11-12H2,1H3. The molecule has 1 aliphatic heterocycles. The Bertz CT molecular complexity index is 968. The highest BCUT2D eigenvalue weighted by molar-refractivity contribution is 6.31. The van der Waals surface area contributed by atoms with E-state index >= 15 is 0 Å². The Labute approximate surface area is 169 Å². The van der Waals surface area contributed by atoms with Crippen molar-refractivity contribution in [1.29, 1.82) is 0 Å². The molecular weight excluding hydrogens is 381 g/mol. The lowest BCUT2D eigenvalue weighted by Gasteiger charge is -2.13. The zero-order valence-electron chi connectivity index (χ0n) is 15.1. The normalized spacial score (nSPS) is 13.6. The molecule has 0 bridgehead atoms. The Morgan fingerprint density at radius 1 is 1.15 bits per heavy atom. The first kappa shape index (κ1) is 18.2. The fraction of sp³-hybridized carbons (Fsp3) is 0.286. The molecule has 0 atom stereocenters. The Morgan fingerprint density at radius 2 is 2.00 bits per heavy atom. The van der Waals surface area contributed by atoms with Crippen molar-refractivity contribution >= 4 is 29.0 Å². The molecule has 0 spiro atoms. The van der Waals surface area contributed by atoms with E-state index in [-0.39, 0.29) is 0 Å². The van der Waals surface area contributed by atoms with Gasteiger partial charge in [-0.1, -0.05) is 41.4 Å². The molecule has 4 nitrogen and oxygen atoms in total. The maximum Gasteiger partial charge on any atom is 0.144 e. The van der Waals surface area contributed by atoms with Crippen LogP contribution in [0.5, 0.6) is 5.75 Å². The summed E-state index contributed by atoms with van der Waals surface area (Å²) in [7, 11) is 1.66. The van der Waals surface area contributed by atoms with Crippen molar-refractivity contribution in [3.8, 4) is 11.4 Å². The summed E-state index contributed by atoms with van der Waals surface area (Å²) in [5.74, 6) is 1.76. The number of aromatic nitrogens is 2. The van der Waals surface area contributed by atoms with Gasteiger partial charge in [-0.25, -0.2) is 4.68 Å². The molecule has 0 radical (unpaired) electrons. The molecule has 0 saturated carbocycles. The molecule has 0 saturated heterocycles. The van der Waals surface area contributed by atoms with Gasteiger partial charge in [0.25, 0.3) is 0 Å². The molecule has 1 N–H and O–H groups in total. The van der Waals surface area contributed by atoms with Crippen molar-refractivity contribution in [2.45, 2.75) is 25.7 Å². The van der Waals surface area contributed by atoms with Crippen LogP contribution in [-0.2, 0) is 12.8 Å². The summed E-state index contributed by atoms with van der Waals surface area (Å²) in [5, 5.41) is 9.92. The van der Waals surface area contributed by atoms with Crippen molar-refractivity contribution in [1.82, 2.24) is 9.78 Å². The molecule has 1 aromatic heterocycles. The van der Waals surface area contributed by atoms with Gasteiger partial charge in [0.05, 0.1) is 12.8 Å². The fourth-order valence-corrected chi connectivity index (χ4v) is 3.91. The molecule has 0 fully saturated rings. The van der Waals surface area contributed by atoms with E-state index in [1.165, 1.54) is 5.56 Å². The van der Waals surface area contributed by atoms with Crippen LogP contribution in [0.15, 0.2) is 42.5 Å². The van der Waals surface area contributed by atoms with Gasteiger partial charge in [-0.2, -0.15) is 5.10 Å². The number of hydrogen-bond donors (Lipinski definition) is 1. The van der Waals surface area contributed by atoms with Crippen LogP contribution in [0, 0.1) is 0 Å². The zero-order chi connectivity index (χ0) is 18.8. The second-order valence-electron chi connectivity index (χ2n) is 6.65. The molecule has 0 aliphatic carbocycles. The van der Waals surface area contributed by atoms with Crippen LogP contribution in [0.25, 0.3) is 5.69 Å². The van der Waals surface area contributed by atoms with Gasteiger partial charge in [0.2, 0.25) is 0 Å². The van der Waals surface area contributed by atoms with Gasteiger partial charge in [0.15, 0.2) is 0 Å². The molecule has 2 heterocycles. The van der Waals surface area contributed by atoms with E-state index < -0.39 is 0 Å². The molecule has 4 rings (SSSR count). The molecule has 27 heavy (non-hydrogen) atoms. The summed E-state index contributed by atoms with van der Waals surface area (Å²) in [6, 6.07) is 13.5. The third kappa shape index (κ3) is 3.64. The third-order valence-corrected chi connectivity index (χ3v) is 5.50. The average molecular weight is 402 g/mol. The van der Waals surface area contributed by atoms with Crippen molar-refractivity contribution in [3.63, 3.8) is 0 Å². The van der Waals surface area contributed by atoms with Crippen LogP contribution in [0.3, 0.4) is 0 Å². The van der Waals surface area contributed by atoms with Crippen molar-refractivity contribution in [2.75, 3.05) is 19.0 Å². The second-order valence-corrected chi connectivity index (χ2v) is 7.50. The van der Waals surface area contributed by atoms with E-state index in [0.717, 1.165) is 59.3 Å². The van der Waals surface area contributed by atoms with Crippen LogP contribution in [0.1, 0.15) is 29.7 Å². The predicted molar refractivity (Wildman–Crippen MR) is 111 cm³/mol. The van der Waals surface area contributed by atoms with Gasteiger partial charge in [0, 0.05) is 28.6 Å². The van der Waals surface area contributed by atoms with Gasteiger partial charge >= 0.3 is 0 Å². The topological polar surface area (TPSA) is 39.1 Å². The minimum Gasteiger partial charge on any atom is -0.494 e. The van der Waals surface area contributed by atoms with Crippen LogP contribution in [0.2, 0.25) is 10.0 Å². The number of halogens is 2. The Morgan fingerprint density at radius 3 is 2.81 bits per heavy atom. The number of benzene rings is 2. The lowest BCUT2D eigenvalue weighted by Crippen LogP contribution is -2.08. The van der Waals surface area contributed by atoms with Gasteiger partial charge in [-0.05, 0) is 49.1 Å². The number of hydrogen-bond acceptors (Lipinski definition) is 3. The van der Waals surface area contributed by atoms with E-state index in [0.29, 0.717) is 11.4 Å². The van der Waals surface area contributed by atoms with Crippen LogP contribution >= 0.6 is 23.2 Å². The SMILES string of the molecule is COc1ccc(Cl)cc1-n1nc(Cc2ccccc2Cl)c2c1NCCCC2. The maximum absolute atomic E-state index is 6.39. The molecule has 140 valence electrons. The highest BCUT2D eigenvalue weighted by Gasteiger charge is 2.23. The summed E-state index contributed by atoms with van der Waals surface area (Å²) in [4.78, 5) is 0. The van der Waals surface area contributed by atoms with Crippen LogP contribution in [-0.4, -0.2) is 23.4 Å². The highest BCUT2D eigenvalue weighted by Crippen LogP contribution is 2.34. The molecule has 3 aromatic rings. The molecule has 0 amide bonds. The number of methoxy groups -OCH3 is 1. The van der Waals surface area contributed by atoms with Gasteiger partial charge in [-0.3, -0.25) is 0 Å². The third-order valence-electron chi connectivity index (χ3n) is 4.90. The Hall–Kier alpha value is -2.17. The molecule has 1 aliphatic rings. The fourth-order valence-electron chi connectivity index (χ4n) is 3.54. The number of ether oxygens (including phenoxy) is 1. The highest BCUT2D eigenvalue weighted by atomic mass is 35.5. The van der Waals surface area contributed by atoms with E-state index in [1.54, 1.807) is 7.11 Å². The Kier molecular flexibility index (Phi) is 5.28. The molecule has 2 aromatic carbocycles. The second kappa shape index (κ2) is 7.83. The van der Waals surface area contributed by atoms with Crippen molar-refractivity contribution < 1.29 is 4.74 Å². The summed E-state index contributed by atoms with van der Waals surface area (Å²) < 4.78 is 7.48. The lowest BCUT2D eigenvalue weighted by molar-refractivity contribution is 0.412. The number of nitrogens with one attached hydrogen (secondary N) is 1. The zero-order valence-corrected chi connectivity index (χ0v) is 16.6. The van der Waals surface area contributed by atoms with Crippen LogP contribution in [0.4, 0.5) is 5.82 Å². The first-order valence-electron chi connectivity index (χ1n) is 9.09. The monoisotopic (exact) mass is 401 g/mol. The van der Waals surface area contributed by atoms with E-state index in [4.69, 9.17) is 33.0 Å². The summed E-state index contributed by atoms with van der Waals surface area (Å²) in [5.41, 5.74) is 4.19. The Balaban J connectivity index is 1.85. The van der Waals surface area contributed by atoms with Gasteiger partial charge < -0.3 is 10.1 Å². The average Bonchev–Trinajstić information content (AvgIpc) is 2.84. The number of fused-ring (bicyclic) bond motifs is 1. The summed E-state index contributed by atoms with van der Waals surface area (Å²) >= 11 is 12.7. The first-order chi connectivity index (χ1) is 13.2. The van der Waals surface area contributed by atoms with Crippen molar-refractivity contribution in [3.05, 3.63) is 69.3 Å². The van der Waals surface area contributed by atoms with E-state index in [9.17, 15) is 0 Å². The minimum absolute atomic E-state index is 0.649. The van der Waals surface area contributed by atoms with Gasteiger partial charge in [0.1, 0.15) is 17.3 Å². The van der Waals surface area contributed by atoms with Gasteiger partial charge in [-0.15, -0.1) is 0 Å². The summed E-state index contributed by atoms with van der Waals surface area (Å²) in [6.45, 7) is 0.924. The molecule has 6 heteroatoms. The number of rotatable bonds is 4. The molecule has 0 unspecified atom stereocenters. The van der Waals surface area contributed by atoms with E-state index in [2.05, 4.69) is 11.4 Å². The number of anilines is 1.